The zero-order chi connectivity index (χ0) is 22.5. The van der Waals surface area contributed by atoms with Gasteiger partial charge in [-0.05, 0) is 49.8 Å². The summed E-state index contributed by atoms with van der Waals surface area (Å²) in [6.07, 6.45) is 0.192. The SMILES string of the molecule is CCOc1cccc(N2C(=O)NC(=O)/C(=C/c3ccc(O[C@H](C)C(=O)[O-])cc3)C2=O)c1. The van der Waals surface area contributed by atoms with Gasteiger partial charge in [-0.25, -0.2) is 9.69 Å². The van der Waals surface area contributed by atoms with Gasteiger partial charge in [0.05, 0.1) is 18.3 Å². The Morgan fingerprint density at radius 2 is 1.84 bits per heavy atom. The summed E-state index contributed by atoms with van der Waals surface area (Å²) in [6.45, 7) is 3.55. The third kappa shape index (κ3) is 4.89. The highest BCUT2D eigenvalue weighted by Gasteiger charge is 2.36. The van der Waals surface area contributed by atoms with Gasteiger partial charge in [0.2, 0.25) is 0 Å². The fourth-order valence-corrected chi connectivity index (χ4v) is 2.83. The molecule has 160 valence electrons. The first-order chi connectivity index (χ1) is 14.8. The summed E-state index contributed by atoms with van der Waals surface area (Å²) in [6, 6.07) is 11.6. The molecule has 9 nitrogen and oxygen atoms in total. The van der Waals surface area contributed by atoms with Crippen LogP contribution in [0.5, 0.6) is 11.5 Å². The molecule has 0 radical (unpaired) electrons. The zero-order valence-electron chi connectivity index (χ0n) is 16.8. The number of nitrogens with one attached hydrogen (secondary N) is 1. The first-order valence-corrected chi connectivity index (χ1v) is 9.42. The number of benzene rings is 2. The average Bonchev–Trinajstić information content (AvgIpc) is 2.72. The molecule has 9 heteroatoms. The highest BCUT2D eigenvalue weighted by Crippen LogP contribution is 2.26. The second-order valence-corrected chi connectivity index (χ2v) is 6.54. The third-order valence-electron chi connectivity index (χ3n) is 4.32. The summed E-state index contributed by atoms with van der Waals surface area (Å²) in [5.41, 5.74) is 0.495. The monoisotopic (exact) mass is 423 g/mol. The predicted molar refractivity (Wildman–Crippen MR) is 108 cm³/mol. The second kappa shape index (κ2) is 9.12. The van der Waals surface area contributed by atoms with Crippen molar-refractivity contribution in [2.75, 3.05) is 11.5 Å². The molecule has 3 rings (SSSR count). The highest BCUT2D eigenvalue weighted by atomic mass is 16.5. The van der Waals surface area contributed by atoms with Gasteiger partial charge in [-0.1, -0.05) is 18.2 Å². The Labute approximate surface area is 177 Å². The number of carbonyl (C=O) groups is 4. The van der Waals surface area contributed by atoms with Gasteiger partial charge in [0.15, 0.2) is 0 Å². The molecule has 1 N–H and O–H groups in total. The van der Waals surface area contributed by atoms with E-state index in [2.05, 4.69) is 5.32 Å². The molecule has 2 aromatic carbocycles. The lowest BCUT2D eigenvalue weighted by atomic mass is 10.1. The largest absolute Gasteiger partial charge is 0.546 e. The summed E-state index contributed by atoms with van der Waals surface area (Å²) in [4.78, 5) is 49.2. The first kappa shape index (κ1) is 21.6. The van der Waals surface area contributed by atoms with E-state index < -0.39 is 29.9 Å². The molecule has 0 bridgehead atoms. The number of anilines is 1. The molecule has 1 fully saturated rings. The van der Waals surface area contributed by atoms with E-state index in [4.69, 9.17) is 9.47 Å². The average molecular weight is 423 g/mol. The number of carbonyl (C=O) groups excluding carboxylic acids is 4. The molecule has 1 heterocycles. The maximum atomic E-state index is 12.9. The molecule has 4 amide bonds. The lowest BCUT2D eigenvalue weighted by Crippen LogP contribution is -2.54. The van der Waals surface area contributed by atoms with E-state index in [1.807, 2.05) is 0 Å². The number of barbiturate groups is 1. The summed E-state index contributed by atoms with van der Waals surface area (Å²) in [5.74, 6) is -2.20. The highest BCUT2D eigenvalue weighted by molar-refractivity contribution is 6.39. The number of carboxylic acid groups (broad SMARTS) is 1. The van der Waals surface area contributed by atoms with Crippen LogP contribution in [0.25, 0.3) is 6.08 Å². The van der Waals surface area contributed by atoms with Crippen molar-refractivity contribution >= 4 is 35.6 Å². The maximum Gasteiger partial charge on any atom is 0.335 e. The summed E-state index contributed by atoms with van der Waals surface area (Å²) >= 11 is 0. The van der Waals surface area contributed by atoms with Crippen molar-refractivity contribution in [1.82, 2.24) is 5.32 Å². The van der Waals surface area contributed by atoms with Crippen molar-refractivity contribution in [3.63, 3.8) is 0 Å². The van der Waals surface area contributed by atoms with Crippen LogP contribution < -0.4 is 24.8 Å². The smallest absolute Gasteiger partial charge is 0.335 e. The first-order valence-electron chi connectivity index (χ1n) is 9.42. The van der Waals surface area contributed by atoms with E-state index in [9.17, 15) is 24.3 Å². The molecule has 2 aromatic rings. The van der Waals surface area contributed by atoms with Crippen molar-refractivity contribution in [3.05, 3.63) is 59.7 Å². The number of hydrogen-bond acceptors (Lipinski definition) is 7. The molecule has 31 heavy (non-hydrogen) atoms. The minimum absolute atomic E-state index is 0.238. The molecule has 1 aliphatic heterocycles. The van der Waals surface area contributed by atoms with Crippen LogP contribution in [0.15, 0.2) is 54.1 Å². The van der Waals surface area contributed by atoms with E-state index in [0.717, 1.165) is 4.90 Å². The van der Waals surface area contributed by atoms with Crippen LogP contribution in [0, 0.1) is 0 Å². The van der Waals surface area contributed by atoms with Crippen LogP contribution >= 0.6 is 0 Å². The molecule has 0 unspecified atom stereocenters. The minimum Gasteiger partial charge on any atom is -0.546 e. The van der Waals surface area contributed by atoms with E-state index >= 15 is 0 Å². The van der Waals surface area contributed by atoms with E-state index in [0.29, 0.717) is 17.9 Å². The van der Waals surface area contributed by atoms with Crippen LogP contribution in [0.1, 0.15) is 19.4 Å². The Morgan fingerprint density at radius 3 is 2.48 bits per heavy atom. The molecular weight excluding hydrogens is 404 g/mol. The van der Waals surface area contributed by atoms with Gasteiger partial charge in [-0.15, -0.1) is 0 Å². The second-order valence-electron chi connectivity index (χ2n) is 6.54. The van der Waals surface area contributed by atoms with Gasteiger partial charge in [0, 0.05) is 6.07 Å². The van der Waals surface area contributed by atoms with Crippen molar-refractivity contribution in [1.29, 1.82) is 0 Å². The summed E-state index contributed by atoms with van der Waals surface area (Å²) in [7, 11) is 0. The number of hydrogen-bond donors (Lipinski definition) is 1. The zero-order valence-corrected chi connectivity index (χ0v) is 16.8. The Hall–Kier alpha value is -4.14. The van der Waals surface area contributed by atoms with Crippen LogP contribution in [0.3, 0.4) is 0 Å². The number of rotatable bonds is 7. The van der Waals surface area contributed by atoms with Crippen molar-refractivity contribution in [3.8, 4) is 11.5 Å². The lowest BCUT2D eigenvalue weighted by molar-refractivity contribution is -0.312. The van der Waals surface area contributed by atoms with Crippen molar-refractivity contribution in [2.24, 2.45) is 0 Å². The van der Waals surface area contributed by atoms with Gasteiger partial charge in [-0.3, -0.25) is 14.9 Å². The van der Waals surface area contributed by atoms with Gasteiger partial charge in [0.1, 0.15) is 23.2 Å². The Kier molecular flexibility index (Phi) is 6.35. The molecule has 0 saturated carbocycles. The molecular formula is C22H19N2O7-. The summed E-state index contributed by atoms with van der Waals surface area (Å²) < 4.78 is 10.6. The Balaban J connectivity index is 1.87. The van der Waals surface area contributed by atoms with Crippen LogP contribution in [0.2, 0.25) is 0 Å². The molecule has 1 atom stereocenters. The standard InChI is InChI=1S/C22H20N2O7/c1-3-30-17-6-4-5-15(12-17)24-20(26)18(19(25)23-22(24)29)11-14-7-9-16(10-8-14)31-13(2)21(27)28/h4-13H,3H2,1-2H3,(H,27,28)(H,23,25,29)/p-1/b18-11-/t13-/m1/s1. The Morgan fingerprint density at radius 1 is 1.13 bits per heavy atom. The van der Waals surface area contributed by atoms with E-state index in [-0.39, 0.29) is 17.0 Å². The third-order valence-corrected chi connectivity index (χ3v) is 4.32. The number of urea groups is 1. The van der Waals surface area contributed by atoms with Gasteiger partial charge in [-0.2, -0.15) is 0 Å². The lowest BCUT2D eigenvalue weighted by Gasteiger charge is -2.26. The van der Waals surface area contributed by atoms with Crippen LogP contribution in [-0.4, -0.2) is 36.5 Å². The normalized spacial score (nSPS) is 16.1. The number of aliphatic carboxylic acids is 1. The van der Waals surface area contributed by atoms with Gasteiger partial charge >= 0.3 is 6.03 Å². The molecule has 0 aromatic heterocycles. The molecule has 1 saturated heterocycles. The van der Waals surface area contributed by atoms with Gasteiger partial charge < -0.3 is 19.4 Å². The van der Waals surface area contributed by atoms with Crippen molar-refractivity contribution < 1.29 is 33.8 Å². The predicted octanol–water partition coefficient (Wildman–Crippen LogP) is 1.27. The Bertz CT molecular complexity index is 1060. The van der Waals surface area contributed by atoms with Crippen LogP contribution in [0.4, 0.5) is 10.5 Å². The molecule has 0 aliphatic carbocycles. The molecule has 1 aliphatic rings. The van der Waals surface area contributed by atoms with Gasteiger partial charge in [0.25, 0.3) is 11.8 Å². The number of nitrogens with zero attached hydrogens (tertiary/aromatic N) is 1. The van der Waals surface area contributed by atoms with E-state index in [1.165, 1.54) is 31.2 Å². The fourth-order valence-electron chi connectivity index (χ4n) is 2.83. The number of ether oxygens (including phenoxy) is 2. The number of carboxylic acids is 1. The summed E-state index contributed by atoms with van der Waals surface area (Å²) in [5, 5.41) is 12.9. The molecule has 0 spiro atoms. The number of imide groups is 2. The topological polar surface area (TPSA) is 125 Å². The minimum atomic E-state index is -1.35. The maximum absolute atomic E-state index is 12.9. The fraction of sp³-hybridized carbons (Fsp3) is 0.182. The van der Waals surface area contributed by atoms with Crippen molar-refractivity contribution in [2.45, 2.75) is 20.0 Å². The van der Waals surface area contributed by atoms with E-state index in [1.54, 1.807) is 37.3 Å². The quantitative estimate of drug-likeness (QED) is 0.525. The van der Waals surface area contributed by atoms with Crippen LogP contribution in [-0.2, 0) is 14.4 Å². The number of amides is 4.